The molecule has 0 spiro atoms. The molecule has 1 nitrogen and oxygen atoms in total. The highest BCUT2D eigenvalue weighted by Gasteiger charge is 2.36. The lowest BCUT2D eigenvalue weighted by molar-refractivity contribution is 0.590. The molecule has 0 bridgehead atoms. The minimum atomic E-state index is -0.109. The molecule has 1 heterocycles. The first-order valence-electron chi connectivity index (χ1n) is 20.0. The number of nitrogens with zero attached hydrogens (tertiary/aromatic N) is 1. The number of benzene rings is 8. The molecule has 57 heavy (non-hydrogen) atoms. The summed E-state index contributed by atoms with van der Waals surface area (Å²) in [5.41, 5.74) is 17.6. The zero-order valence-electron chi connectivity index (χ0n) is 33.2. The molecule has 0 radical (unpaired) electrons. The van der Waals surface area contributed by atoms with Crippen LogP contribution in [-0.4, -0.2) is 0 Å². The van der Waals surface area contributed by atoms with Gasteiger partial charge in [-0.05, 0) is 110 Å². The van der Waals surface area contributed by atoms with Gasteiger partial charge in [0.25, 0.3) is 0 Å². The molecular formula is C55H45NS. The fourth-order valence-electron chi connectivity index (χ4n) is 8.94. The van der Waals surface area contributed by atoms with Gasteiger partial charge in [0, 0.05) is 42.5 Å². The lowest BCUT2D eigenvalue weighted by Crippen LogP contribution is -2.15. The summed E-state index contributed by atoms with van der Waals surface area (Å²) in [4.78, 5) is 2.40. The predicted molar refractivity (Wildman–Crippen MR) is 247 cm³/mol. The third-order valence-electron chi connectivity index (χ3n) is 12.1. The first-order chi connectivity index (χ1) is 27.6. The van der Waals surface area contributed by atoms with E-state index in [0.717, 1.165) is 17.1 Å². The largest absolute Gasteiger partial charge is 0.310 e. The summed E-state index contributed by atoms with van der Waals surface area (Å²) < 4.78 is 2.66. The van der Waals surface area contributed by atoms with E-state index in [1.165, 1.54) is 81.4 Å². The maximum absolute atomic E-state index is 2.43. The van der Waals surface area contributed by atoms with Gasteiger partial charge in [0.1, 0.15) is 0 Å². The van der Waals surface area contributed by atoms with E-state index >= 15 is 0 Å². The van der Waals surface area contributed by atoms with Gasteiger partial charge in [-0.25, -0.2) is 0 Å². The molecule has 0 amide bonds. The molecule has 276 valence electrons. The summed E-state index contributed by atoms with van der Waals surface area (Å²) in [6.07, 6.45) is 0. The van der Waals surface area contributed by atoms with Crippen LogP contribution in [0.5, 0.6) is 0 Å². The van der Waals surface area contributed by atoms with Crippen LogP contribution in [0.2, 0.25) is 0 Å². The van der Waals surface area contributed by atoms with Gasteiger partial charge in [-0.1, -0.05) is 168 Å². The van der Waals surface area contributed by atoms with E-state index in [0.29, 0.717) is 0 Å². The summed E-state index contributed by atoms with van der Waals surface area (Å²) in [6.45, 7) is 11.6. The molecule has 8 aromatic carbocycles. The van der Waals surface area contributed by atoms with Crippen molar-refractivity contribution in [3.8, 4) is 44.5 Å². The average Bonchev–Trinajstić information content (AvgIpc) is 3.73. The van der Waals surface area contributed by atoms with Crippen LogP contribution < -0.4 is 4.90 Å². The fraction of sp³-hybridized carbons (Fsp3) is 0.127. The van der Waals surface area contributed by atoms with Crippen LogP contribution in [0, 0.1) is 0 Å². The van der Waals surface area contributed by atoms with E-state index in [-0.39, 0.29) is 10.8 Å². The Morgan fingerprint density at radius 1 is 0.439 bits per heavy atom. The lowest BCUT2D eigenvalue weighted by Gasteiger charge is -2.28. The van der Waals surface area contributed by atoms with Crippen molar-refractivity contribution >= 4 is 48.6 Å². The standard InChI is InChI=1S/C55H45NS/c1-54(2,3)40-28-22-36(23-29-40)38-26-32-45-48-34-39(27-33-49(48)55(4,5)50(45)35-38)43-16-9-11-20-51(43)56(41-14-7-6-8-15-41)42-30-24-37(25-31-42)44-18-13-19-47-46-17-10-12-21-52(46)57-53(44)47/h6-35H,1-5H3. The number of anilines is 3. The molecular weight excluding hydrogens is 707 g/mol. The highest BCUT2D eigenvalue weighted by atomic mass is 32.1. The Morgan fingerprint density at radius 2 is 1.07 bits per heavy atom. The Hall–Kier alpha value is -6.22. The van der Waals surface area contributed by atoms with Crippen molar-refractivity contribution in [1.29, 1.82) is 0 Å². The number of para-hydroxylation sites is 2. The van der Waals surface area contributed by atoms with Crippen molar-refractivity contribution in [2.45, 2.75) is 45.4 Å². The number of rotatable bonds is 6. The van der Waals surface area contributed by atoms with Crippen LogP contribution in [0.3, 0.4) is 0 Å². The quantitative estimate of drug-likeness (QED) is 0.164. The third kappa shape index (κ3) is 5.99. The molecule has 0 aliphatic heterocycles. The monoisotopic (exact) mass is 751 g/mol. The second-order valence-corrected chi connectivity index (χ2v) is 18.0. The fourth-order valence-corrected chi connectivity index (χ4v) is 10.2. The first kappa shape index (κ1) is 35.2. The first-order valence-corrected chi connectivity index (χ1v) is 20.8. The Bertz CT molecular complexity index is 2940. The Balaban J connectivity index is 1.04. The van der Waals surface area contributed by atoms with Gasteiger partial charge < -0.3 is 4.90 Å². The van der Waals surface area contributed by atoms with Crippen LogP contribution in [0.15, 0.2) is 182 Å². The predicted octanol–water partition coefficient (Wildman–Crippen LogP) is 16.1. The smallest absolute Gasteiger partial charge is 0.0540 e. The summed E-state index contributed by atoms with van der Waals surface area (Å²) in [6, 6.07) is 67.5. The molecule has 10 rings (SSSR count). The van der Waals surface area contributed by atoms with E-state index in [9.17, 15) is 0 Å². The number of hydrogen-bond acceptors (Lipinski definition) is 2. The molecule has 0 unspecified atom stereocenters. The minimum Gasteiger partial charge on any atom is -0.310 e. The maximum Gasteiger partial charge on any atom is 0.0540 e. The van der Waals surface area contributed by atoms with Crippen LogP contribution >= 0.6 is 11.3 Å². The summed E-state index contributed by atoms with van der Waals surface area (Å²) in [5, 5.41) is 2.65. The topological polar surface area (TPSA) is 3.24 Å². The van der Waals surface area contributed by atoms with Crippen LogP contribution in [0.4, 0.5) is 17.1 Å². The van der Waals surface area contributed by atoms with E-state index in [2.05, 4.69) is 222 Å². The molecule has 2 heteroatoms. The second-order valence-electron chi connectivity index (χ2n) is 17.0. The number of thiophene rings is 1. The van der Waals surface area contributed by atoms with E-state index in [4.69, 9.17) is 0 Å². The zero-order valence-corrected chi connectivity index (χ0v) is 34.0. The SMILES string of the molecule is CC(C)(C)c1ccc(-c2ccc3c(c2)C(C)(C)c2ccc(-c4ccccc4N(c4ccccc4)c4ccc(-c5cccc6c5sc5ccccc56)cc4)cc2-3)cc1. The van der Waals surface area contributed by atoms with Gasteiger partial charge >= 0.3 is 0 Å². The summed E-state index contributed by atoms with van der Waals surface area (Å²) in [7, 11) is 0. The van der Waals surface area contributed by atoms with E-state index < -0.39 is 0 Å². The zero-order chi connectivity index (χ0) is 38.9. The van der Waals surface area contributed by atoms with Gasteiger partial charge in [-0.15, -0.1) is 11.3 Å². The molecule has 0 saturated carbocycles. The Kier molecular flexibility index (Phi) is 8.32. The number of hydrogen-bond donors (Lipinski definition) is 0. The molecule has 1 aliphatic rings. The van der Waals surface area contributed by atoms with Crippen molar-refractivity contribution in [1.82, 2.24) is 0 Å². The second kappa shape index (κ2) is 13.5. The third-order valence-corrected chi connectivity index (χ3v) is 13.3. The van der Waals surface area contributed by atoms with E-state index in [1.54, 1.807) is 0 Å². The minimum absolute atomic E-state index is 0.109. The van der Waals surface area contributed by atoms with Crippen molar-refractivity contribution in [2.75, 3.05) is 4.90 Å². The van der Waals surface area contributed by atoms with Gasteiger partial charge in [0.05, 0.1) is 5.69 Å². The van der Waals surface area contributed by atoms with Crippen LogP contribution in [0.25, 0.3) is 64.7 Å². The van der Waals surface area contributed by atoms with Crippen molar-refractivity contribution in [3.63, 3.8) is 0 Å². The van der Waals surface area contributed by atoms with E-state index in [1.807, 2.05) is 11.3 Å². The Morgan fingerprint density at radius 3 is 1.86 bits per heavy atom. The van der Waals surface area contributed by atoms with Crippen LogP contribution in [-0.2, 0) is 10.8 Å². The number of fused-ring (bicyclic) bond motifs is 6. The highest BCUT2D eigenvalue weighted by Crippen LogP contribution is 2.52. The molecule has 1 aromatic heterocycles. The molecule has 0 saturated heterocycles. The van der Waals surface area contributed by atoms with Crippen molar-refractivity contribution in [2.24, 2.45) is 0 Å². The van der Waals surface area contributed by atoms with Gasteiger partial charge in [-0.3, -0.25) is 0 Å². The van der Waals surface area contributed by atoms with Gasteiger partial charge in [0.15, 0.2) is 0 Å². The highest BCUT2D eigenvalue weighted by molar-refractivity contribution is 7.26. The van der Waals surface area contributed by atoms with Crippen LogP contribution in [0.1, 0.15) is 51.3 Å². The van der Waals surface area contributed by atoms with Gasteiger partial charge in [-0.2, -0.15) is 0 Å². The normalized spacial score (nSPS) is 13.1. The molecule has 0 fully saturated rings. The summed E-state index contributed by atoms with van der Waals surface area (Å²) >= 11 is 1.88. The molecule has 0 N–H and O–H groups in total. The van der Waals surface area contributed by atoms with Crippen molar-refractivity contribution in [3.05, 3.63) is 199 Å². The lowest BCUT2D eigenvalue weighted by atomic mass is 9.81. The average molecular weight is 752 g/mol. The Labute approximate surface area is 340 Å². The maximum atomic E-state index is 2.43. The summed E-state index contributed by atoms with van der Waals surface area (Å²) in [5.74, 6) is 0. The molecule has 1 aliphatic carbocycles. The molecule has 0 atom stereocenters. The van der Waals surface area contributed by atoms with Crippen molar-refractivity contribution < 1.29 is 0 Å². The van der Waals surface area contributed by atoms with Gasteiger partial charge in [0.2, 0.25) is 0 Å². The molecule has 9 aromatic rings.